The summed E-state index contributed by atoms with van der Waals surface area (Å²) in [6.07, 6.45) is 1.47. The number of aryl methyl sites for hydroxylation is 1. The van der Waals surface area contributed by atoms with Gasteiger partial charge in [-0.2, -0.15) is 0 Å². The first-order chi connectivity index (χ1) is 12.1. The van der Waals surface area contributed by atoms with Crippen LogP contribution in [0.25, 0.3) is 10.9 Å². The Kier molecular flexibility index (Phi) is 3.76. The minimum atomic E-state index is -0.196. The van der Waals surface area contributed by atoms with Crippen LogP contribution in [-0.2, 0) is 4.79 Å². The van der Waals surface area contributed by atoms with E-state index in [0.29, 0.717) is 17.8 Å². The standard InChI is InChI=1S/C20H19N3O2/c1-13-8-9-15(12-18(13)23-10-4-7-19(23)24)21-20(25)17-11-14-5-2-3-6-16(14)22-17/h2-3,5-6,8-9,11-12,22H,4,7,10H2,1H3,(H,21,25). The highest BCUT2D eigenvalue weighted by Crippen LogP contribution is 2.28. The van der Waals surface area contributed by atoms with Gasteiger partial charge >= 0.3 is 0 Å². The number of hydrogen-bond donors (Lipinski definition) is 2. The third-order valence-corrected chi connectivity index (χ3v) is 4.61. The van der Waals surface area contributed by atoms with Gasteiger partial charge in [0.15, 0.2) is 0 Å². The Morgan fingerprint density at radius 2 is 2.00 bits per heavy atom. The summed E-state index contributed by atoms with van der Waals surface area (Å²) < 4.78 is 0. The van der Waals surface area contributed by atoms with Gasteiger partial charge in [0.1, 0.15) is 5.69 Å². The molecule has 25 heavy (non-hydrogen) atoms. The molecular formula is C20H19N3O2. The third-order valence-electron chi connectivity index (χ3n) is 4.61. The first-order valence-electron chi connectivity index (χ1n) is 8.42. The van der Waals surface area contributed by atoms with Gasteiger partial charge in [-0.3, -0.25) is 9.59 Å². The summed E-state index contributed by atoms with van der Waals surface area (Å²) in [6, 6.07) is 15.3. The summed E-state index contributed by atoms with van der Waals surface area (Å²) in [5.41, 5.74) is 4.03. The van der Waals surface area contributed by atoms with E-state index in [0.717, 1.165) is 35.1 Å². The zero-order valence-electron chi connectivity index (χ0n) is 14.0. The Bertz CT molecular complexity index is 941. The number of aromatic nitrogens is 1. The van der Waals surface area contributed by atoms with Gasteiger partial charge < -0.3 is 15.2 Å². The summed E-state index contributed by atoms with van der Waals surface area (Å²) in [5.74, 6) is -0.0547. The zero-order valence-corrected chi connectivity index (χ0v) is 14.0. The Balaban J connectivity index is 1.59. The number of H-pyrrole nitrogens is 1. The van der Waals surface area contributed by atoms with Crippen LogP contribution in [0.4, 0.5) is 11.4 Å². The number of fused-ring (bicyclic) bond motifs is 1. The molecule has 0 aliphatic carbocycles. The van der Waals surface area contributed by atoms with Crippen LogP contribution in [0.15, 0.2) is 48.5 Å². The van der Waals surface area contributed by atoms with E-state index in [9.17, 15) is 9.59 Å². The summed E-state index contributed by atoms with van der Waals surface area (Å²) in [4.78, 5) is 29.5. The average molecular weight is 333 g/mol. The molecule has 2 aromatic carbocycles. The topological polar surface area (TPSA) is 65.2 Å². The molecule has 1 aliphatic rings. The Labute approximate surface area is 145 Å². The zero-order chi connectivity index (χ0) is 17.4. The number of amides is 2. The van der Waals surface area contributed by atoms with Gasteiger partial charge in [-0.05, 0) is 43.2 Å². The van der Waals surface area contributed by atoms with E-state index in [4.69, 9.17) is 0 Å². The number of aromatic amines is 1. The van der Waals surface area contributed by atoms with Crippen molar-refractivity contribution in [2.45, 2.75) is 19.8 Å². The molecule has 0 saturated carbocycles. The highest BCUT2D eigenvalue weighted by Gasteiger charge is 2.23. The second-order valence-electron chi connectivity index (χ2n) is 6.37. The summed E-state index contributed by atoms with van der Waals surface area (Å²) in [7, 11) is 0. The van der Waals surface area contributed by atoms with Crippen LogP contribution in [0.5, 0.6) is 0 Å². The predicted octanol–water partition coefficient (Wildman–Crippen LogP) is 3.86. The van der Waals surface area contributed by atoms with Crippen LogP contribution < -0.4 is 10.2 Å². The number of hydrogen-bond acceptors (Lipinski definition) is 2. The quantitative estimate of drug-likeness (QED) is 0.764. The molecule has 0 spiro atoms. The fourth-order valence-corrected chi connectivity index (χ4v) is 3.27. The molecule has 2 N–H and O–H groups in total. The van der Waals surface area contributed by atoms with Gasteiger partial charge in [0.2, 0.25) is 5.91 Å². The summed E-state index contributed by atoms with van der Waals surface area (Å²) >= 11 is 0. The van der Waals surface area contributed by atoms with Crippen LogP contribution in [0.3, 0.4) is 0 Å². The number of benzene rings is 2. The van der Waals surface area contributed by atoms with Gasteiger partial charge in [0.25, 0.3) is 5.91 Å². The van der Waals surface area contributed by atoms with Crippen LogP contribution in [0.2, 0.25) is 0 Å². The lowest BCUT2D eigenvalue weighted by Crippen LogP contribution is -2.24. The van der Waals surface area contributed by atoms with Crippen LogP contribution in [0, 0.1) is 6.92 Å². The molecule has 1 aromatic heterocycles. The number of anilines is 2. The minimum absolute atomic E-state index is 0.141. The van der Waals surface area contributed by atoms with Crippen LogP contribution in [0.1, 0.15) is 28.9 Å². The second-order valence-corrected chi connectivity index (χ2v) is 6.37. The van der Waals surface area contributed by atoms with E-state index in [1.165, 1.54) is 0 Å². The van der Waals surface area contributed by atoms with Crippen molar-refractivity contribution in [3.05, 3.63) is 59.8 Å². The molecule has 1 saturated heterocycles. The third kappa shape index (κ3) is 2.89. The Morgan fingerprint density at radius 1 is 1.16 bits per heavy atom. The maximum Gasteiger partial charge on any atom is 0.272 e. The van der Waals surface area contributed by atoms with Gasteiger partial charge in [0.05, 0.1) is 0 Å². The van der Waals surface area contributed by atoms with E-state index >= 15 is 0 Å². The van der Waals surface area contributed by atoms with E-state index in [2.05, 4.69) is 10.3 Å². The maximum atomic E-state index is 12.5. The maximum absolute atomic E-state index is 12.5. The van der Waals surface area contributed by atoms with E-state index in [1.54, 1.807) is 4.90 Å². The van der Waals surface area contributed by atoms with Gasteiger partial charge in [-0.1, -0.05) is 24.3 Å². The normalized spacial score (nSPS) is 14.3. The molecule has 5 nitrogen and oxygen atoms in total. The average Bonchev–Trinajstić information content (AvgIpc) is 3.22. The highest BCUT2D eigenvalue weighted by atomic mass is 16.2. The molecule has 1 aliphatic heterocycles. The lowest BCUT2D eigenvalue weighted by Gasteiger charge is -2.19. The molecule has 126 valence electrons. The number of para-hydroxylation sites is 1. The Morgan fingerprint density at radius 3 is 2.76 bits per heavy atom. The molecule has 2 amide bonds. The molecule has 2 heterocycles. The van der Waals surface area contributed by atoms with Crippen molar-refractivity contribution in [1.82, 2.24) is 4.98 Å². The predicted molar refractivity (Wildman–Crippen MR) is 99.0 cm³/mol. The van der Waals surface area contributed by atoms with Crippen molar-refractivity contribution in [1.29, 1.82) is 0 Å². The van der Waals surface area contributed by atoms with Crippen molar-refractivity contribution in [2.24, 2.45) is 0 Å². The fourth-order valence-electron chi connectivity index (χ4n) is 3.27. The fraction of sp³-hybridized carbons (Fsp3) is 0.200. The monoisotopic (exact) mass is 333 g/mol. The first kappa shape index (κ1) is 15.4. The van der Waals surface area contributed by atoms with E-state index < -0.39 is 0 Å². The molecule has 1 fully saturated rings. The lowest BCUT2D eigenvalue weighted by atomic mass is 10.1. The van der Waals surface area contributed by atoms with Gasteiger partial charge in [0, 0.05) is 35.2 Å². The van der Waals surface area contributed by atoms with Crippen molar-refractivity contribution in [3.63, 3.8) is 0 Å². The molecule has 4 rings (SSSR count). The molecular weight excluding hydrogens is 314 g/mol. The first-order valence-corrected chi connectivity index (χ1v) is 8.42. The highest BCUT2D eigenvalue weighted by molar-refractivity contribution is 6.06. The van der Waals surface area contributed by atoms with Crippen molar-refractivity contribution >= 4 is 34.1 Å². The molecule has 0 bridgehead atoms. The van der Waals surface area contributed by atoms with Crippen LogP contribution >= 0.6 is 0 Å². The van der Waals surface area contributed by atoms with E-state index in [-0.39, 0.29) is 11.8 Å². The minimum Gasteiger partial charge on any atom is -0.351 e. The number of rotatable bonds is 3. The number of carbonyl (C=O) groups is 2. The van der Waals surface area contributed by atoms with E-state index in [1.807, 2.05) is 55.5 Å². The van der Waals surface area contributed by atoms with Crippen molar-refractivity contribution in [2.75, 3.05) is 16.8 Å². The summed E-state index contributed by atoms with van der Waals surface area (Å²) in [5, 5.41) is 3.92. The van der Waals surface area contributed by atoms with Crippen molar-refractivity contribution in [3.8, 4) is 0 Å². The molecule has 0 atom stereocenters. The number of nitrogens with one attached hydrogen (secondary N) is 2. The molecule has 0 unspecified atom stereocenters. The number of carbonyl (C=O) groups excluding carboxylic acids is 2. The largest absolute Gasteiger partial charge is 0.351 e. The summed E-state index contributed by atoms with van der Waals surface area (Å²) in [6.45, 7) is 2.71. The lowest BCUT2D eigenvalue weighted by molar-refractivity contribution is -0.117. The molecule has 5 heteroatoms. The van der Waals surface area contributed by atoms with Crippen LogP contribution in [-0.4, -0.2) is 23.3 Å². The Hall–Kier alpha value is -3.08. The van der Waals surface area contributed by atoms with Gasteiger partial charge in [-0.15, -0.1) is 0 Å². The number of nitrogens with zero attached hydrogens (tertiary/aromatic N) is 1. The second kappa shape index (κ2) is 6.09. The van der Waals surface area contributed by atoms with Crippen molar-refractivity contribution < 1.29 is 9.59 Å². The van der Waals surface area contributed by atoms with Gasteiger partial charge in [-0.25, -0.2) is 0 Å². The molecule has 3 aromatic rings. The smallest absolute Gasteiger partial charge is 0.272 e. The SMILES string of the molecule is Cc1ccc(NC(=O)c2cc3ccccc3[nH]2)cc1N1CCCC1=O. The molecule has 0 radical (unpaired) electrons.